The van der Waals surface area contributed by atoms with E-state index in [1.807, 2.05) is 40.2 Å². The summed E-state index contributed by atoms with van der Waals surface area (Å²) in [4.78, 5) is 14.3. The second-order valence-electron chi connectivity index (χ2n) is 6.58. The summed E-state index contributed by atoms with van der Waals surface area (Å²) < 4.78 is 1.91. The Morgan fingerprint density at radius 3 is 2.79 bits per heavy atom. The van der Waals surface area contributed by atoms with Crippen LogP contribution in [0.4, 0.5) is 4.79 Å². The van der Waals surface area contributed by atoms with Crippen LogP contribution < -0.4 is 5.32 Å². The standard InChI is InChI=1S/C19H26N4O/c1-2-10-22(13-17-8-9-17)19(24)20-11-18-12-21-23(15-18)14-16-6-4-3-5-7-16/h3-7,12,15,17H,2,8-11,13-14H2,1H3,(H,20,24). The van der Waals surface area contributed by atoms with Crippen molar-refractivity contribution in [1.29, 1.82) is 0 Å². The molecule has 2 amide bonds. The van der Waals surface area contributed by atoms with Gasteiger partial charge in [0.2, 0.25) is 0 Å². The van der Waals surface area contributed by atoms with Crippen LogP contribution >= 0.6 is 0 Å². The summed E-state index contributed by atoms with van der Waals surface area (Å²) in [6.45, 7) is 5.11. The Balaban J connectivity index is 1.49. The van der Waals surface area contributed by atoms with Gasteiger partial charge in [0.25, 0.3) is 0 Å². The van der Waals surface area contributed by atoms with Gasteiger partial charge < -0.3 is 10.2 Å². The predicted octanol–water partition coefficient (Wildman–Crippen LogP) is 3.26. The molecule has 0 radical (unpaired) electrons. The van der Waals surface area contributed by atoms with Crippen LogP contribution in [0.25, 0.3) is 0 Å². The number of hydrogen-bond acceptors (Lipinski definition) is 2. The lowest BCUT2D eigenvalue weighted by Gasteiger charge is -2.22. The Morgan fingerprint density at radius 1 is 1.29 bits per heavy atom. The number of benzene rings is 1. The number of nitrogens with one attached hydrogen (secondary N) is 1. The first-order valence-corrected chi connectivity index (χ1v) is 8.82. The minimum atomic E-state index is 0.0413. The Morgan fingerprint density at radius 2 is 2.08 bits per heavy atom. The van der Waals surface area contributed by atoms with Gasteiger partial charge >= 0.3 is 6.03 Å². The molecule has 5 nitrogen and oxygen atoms in total. The average Bonchev–Trinajstić information content (AvgIpc) is 3.31. The van der Waals surface area contributed by atoms with E-state index in [9.17, 15) is 4.79 Å². The highest BCUT2D eigenvalue weighted by atomic mass is 16.2. The lowest BCUT2D eigenvalue weighted by Crippen LogP contribution is -2.41. The van der Waals surface area contributed by atoms with Crippen molar-refractivity contribution in [1.82, 2.24) is 20.0 Å². The van der Waals surface area contributed by atoms with Crippen LogP contribution in [0.15, 0.2) is 42.7 Å². The molecule has 0 bridgehead atoms. The van der Waals surface area contributed by atoms with Gasteiger partial charge in [0.05, 0.1) is 12.7 Å². The molecule has 0 atom stereocenters. The van der Waals surface area contributed by atoms with Crippen molar-refractivity contribution in [3.05, 3.63) is 53.9 Å². The van der Waals surface area contributed by atoms with E-state index < -0.39 is 0 Å². The molecule has 1 aromatic heterocycles. The zero-order valence-corrected chi connectivity index (χ0v) is 14.3. The Hall–Kier alpha value is -2.30. The second kappa shape index (κ2) is 7.99. The fourth-order valence-corrected chi connectivity index (χ4v) is 2.80. The smallest absolute Gasteiger partial charge is 0.317 e. The SMILES string of the molecule is CCCN(CC1CC1)C(=O)NCc1cnn(Cc2ccccc2)c1. The van der Waals surface area contributed by atoms with Crippen LogP contribution in [0, 0.1) is 5.92 Å². The van der Waals surface area contributed by atoms with Crippen molar-refractivity contribution in [3.63, 3.8) is 0 Å². The molecule has 1 aliphatic carbocycles. The van der Waals surface area contributed by atoms with Gasteiger partial charge in [-0.05, 0) is 30.7 Å². The molecule has 3 rings (SSSR count). The molecule has 0 spiro atoms. The molecule has 1 aromatic carbocycles. The molecule has 0 aliphatic heterocycles. The van der Waals surface area contributed by atoms with Gasteiger partial charge in [-0.3, -0.25) is 4.68 Å². The summed E-state index contributed by atoms with van der Waals surface area (Å²) in [6.07, 6.45) is 7.35. The van der Waals surface area contributed by atoms with Gasteiger partial charge in [0, 0.05) is 31.4 Å². The molecule has 0 unspecified atom stereocenters. The highest BCUT2D eigenvalue weighted by Gasteiger charge is 2.26. The maximum absolute atomic E-state index is 12.4. The molecule has 1 fully saturated rings. The molecule has 1 N–H and O–H groups in total. The lowest BCUT2D eigenvalue weighted by atomic mass is 10.2. The third-order valence-electron chi connectivity index (χ3n) is 4.27. The highest BCUT2D eigenvalue weighted by Crippen LogP contribution is 2.29. The molecule has 0 saturated heterocycles. The van der Waals surface area contributed by atoms with Gasteiger partial charge in [-0.1, -0.05) is 37.3 Å². The zero-order chi connectivity index (χ0) is 16.8. The molecular weight excluding hydrogens is 300 g/mol. The number of urea groups is 1. The highest BCUT2D eigenvalue weighted by molar-refractivity contribution is 5.74. The van der Waals surface area contributed by atoms with Crippen molar-refractivity contribution in [2.24, 2.45) is 5.92 Å². The second-order valence-corrected chi connectivity index (χ2v) is 6.58. The fraction of sp³-hybridized carbons (Fsp3) is 0.474. The number of hydrogen-bond donors (Lipinski definition) is 1. The van der Waals surface area contributed by atoms with Crippen molar-refractivity contribution in [2.75, 3.05) is 13.1 Å². The fourth-order valence-electron chi connectivity index (χ4n) is 2.80. The first-order chi connectivity index (χ1) is 11.7. The van der Waals surface area contributed by atoms with E-state index >= 15 is 0 Å². The normalized spacial score (nSPS) is 13.7. The van der Waals surface area contributed by atoms with Crippen LogP contribution in [0.2, 0.25) is 0 Å². The summed E-state index contributed by atoms with van der Waals surface area (Å²) >= 11 is 0. The van der Waals surface area contributed by atoms with E-state index in [1.165, 1.54) is 18.4 Å². The topological polar surface area (TPSA) is 50.2 Å². The summed E-state index contributed by atoms with van der Waals surface area (Å²) in [5, 5.41) is 7.41. The molecule has 1 heterocycles. The molecule has 2 aromatic rings. The number of aromatic nitrogens is 2. The van der Waals surface area contributed by atoms with Crippen LogP contribution in [0.5, 0.6) is 0 Å². The van der Waals surface area contributed by atoms with E-state index in [4.69, 9.17) is 0 Å². The van der Waals surface area contributed by atoms with Crippen molar-refractivity contribution in [2.45, 2.75) is 39.3 Å². The largest absolute Gasteiger partial charge is 0.334 e. The number of amides is 2. The van der Waals surface area contributed by atoms with E-state index in [0.29, 0.717) is 6.54 Å². The lowest BCUT2D eigenvalue weighted by molar-refractivity contribution is 0.195. The number of rotatable bonds is 8. The van der Waals surface area contributed by atoms with Crippen LogP contribution in [-0.2, 0) is 13.1 Å². The predicted molar refractivity (Wildman–Crippen MR) is 94.6 cm³/mol. The van der Waals surface area contributed by atoms with Crippen molar-refractivity contribution < 1.29 is 4.79 Å². The summed E-state index contributed by atoms with van der Waals surface area (Å²) in [5.41, 5.74) is 2.25. The number of nitrogens with zero attached hydrogens (tertiary/aromatic N) is 3. The third kappa shape index (κ3) is 4.85. The zero-order valence-electron chi connectivity index (χ0n) is 14.3. The molecule has 1 saturated carbocycles. The summed E-state index contributed by atoms with van der Waals surface area (Å²) in [5.74, 6) is 0.718. The summed E-state index contributed by atoms with van der Waals surface area (Å²) in [7, 11) is 0. The first kappa shape index (κ1) is 16.6. The van der Waals surface area contributed by atoms with E-state index in [-0.39, 0.29) is 6.03 Å². The minimum Gasteiger partial charge on any atom is -0.334 e. The van der Waals surface area contributed by atoms with Gasteiger partial charge in [-0.15, -0.1) is 0 Å². The van der Waals surface area contributed by atoms with E-state index in [1.54, 1.807) is 0 Å². The van der Waals surface area contributed by atoms with Gasteiger partial charge in [-0.25, -0.2) is 4.79 Å². The minimum absolute atomic E-state index is 0.0413. The van der Waals surface area contributed by atoms with Crippen LogP contribution in [0.3, 0.4) is 0 Å². The average molecular weight is 326 g/mol. The monoisotopic (exact) mass is 326 g/mol. The molecule has 128 valence electrons. The first-order valence-electron chi connectivity index (χ1n) is 8.82. The molecular formula is C19H26N4O. The Labute approximate surface area is 143 Å². The number of carbonyl (C=O) groups excluding carboxylic acids is 1. The van der Waals surface area contributed by atoms with Crippen molar-refractivity contribution in [3.8, 4) is 0 Å². The molecule has 24 heavy (non-hydrogen) atoms. The van der Waals surface area contributed by atoms with Gasteiger partial charge in [-0.2, -0.15) is 5.10 Å². The van der Waals surface area contributed by atoms with Crippen molar-refractivity contribution >= 4 is 6.03 Å². The number of carbonyl (C=O) groups is 1. The quantitative estimate of drug-likeness (QED) is 0.809. The van der Waals surface area contributed by atoms with E-state index in [2.05, 4.69) is 29.5 Å². The van der Waals surface area contributed by atoms with Gasteiger partial charge in [0.1, 0.15) is 0 Å². The van der Waals surface area contributed by atoms with Crippen LogP contribution in [-0.4, -0.2) is 33.8 Å². The maximum atomic E-state index is 12.4. The molecule has 5 heteroatoms. The van der Waals surface area contributed by atoms with Gasteiger partial charge in [0.15, 0.2) is 0 Å². The van der Waals surface area contributed by atoms with E-state index in [0.717, 1.165) is 37.5 Å². The summed E-state index contributed by atoms with van der Waals surface area (Å²) in [6, 6.07) is 10.3. The van der Waals surface area contributed by atoms with Crippen LogP contribution in [0.1, 0.15) is 37.3 Å². The molecule has 1 aliphatic rings. The maximum Gasteiger partial charge on any atom is 0.317 e. The third-order valence-corrected chi connectivity index (χ3v) is 4.27. The Kier molecular flexibility index (Phi) is 5.51. The Bertz CT molecular complexity index is 648.